The predicted molar refractivity (Wildman–Crippen MR) is 77.2 cm³/mol. The molecule has 6 nitrogen and oxygen atoms in total. The van der Waals surface area contributed by atoms with Crippen LogP contribution >= 0.6 is 0 Å². The summed E-state index contributed by atoms with van der Waals surface area (Å²) in [5.74, 6) is 0.219. The zero-order valence-electron chi connectivity index (χ0n) is 11.7. The molecule has 0 unspecified atom stereocenters. The van der Waals surface area contributed by atoms with Gasteiger partial charge in [0.2, 0.25) is 0 Å². The molecule has 0 radical (unpaired) electrons. The molecule has 1 saturated carbocycles. The Hall–Kier alpha value is -1.92. The highest BCUT2D eigenvalue weighted by Crippen LogP contribution is 2.33. The topological polar surface area (TPSA) is 81.8 Å². The number of nitrogens with zero attached hydrogens (tertiary/aromatic N) is 1. The lowest BCUT2D eigenvalue weighted by molar-refractivity contribution is -0.386. The molecule has 0 aliphatic heterocycles. The number of ether oxygens (including phenoxy) is 2. The molecule has 2 rings (SSSR count). The van der Waals surface area contributed by atoms with Gasteiger partial charge in [0.05, 0.1) is 24.2 Å². The number of nitro groups is 1. The van der Waals surface area contributed by atoms with Crippen LogP contribution in [0.4, 0.5) is 5.69 Å². The van der Waals surface area contributed by atoms with Crippen LogP contribution in [0.15, 0.2) is 30.9 Å². The summed E-state index contributed by atoms with van der Waals surface area (Å²) in [6.45, 7) is 3.81. The number of hydrogen-bond donors (Lipinski definition) is 1. The van der Waals surface area contributed by atoms with Crippen LogP contribution in [0.3, 0.4) is 0 Å². The van der Waals surface area contributed by atoms with Crippen molar-refractivity contribution in [3.05, 3.63) is 46.5 Å². The third-order valence-electron chi connectivity index (χ3n) is 3.50. The fraction of sp³-hybridized carbons (Fsp3) is 0.467. The lowest BCUT2D eigenvalue weighted by Gasteiger charge is -2.21. The number of aliphatic hydroxyl groups excluding tert-OH is 1. The van der Waals surface area contributed by atoms with E-state index in [9.17, 15) is 10.1 Å². The average molecular weight is 293 g/mol. The highest BCUT2D eigenvalue weighted by molar-refractivity contribution is 5.48. The zero-order valence-corrected chi connectivity index (χ0v) is 11.7. The lowest BCUT2D eigenvalue weighted by atomic mass is 10.2. The van der Waals surface area contributed by atoms with E-state index in [0.29, 0.717) is 12.2 Å². The van der Waals surface area contributed by atoms with Crippen molar-refractivity contribution in [3.63, 3.8) is 0 Å². The van der Waals surface area contributed by atoms with Gasteiger partial charge in [0, 0.05) is 6.07 Å². The third-order valence-corrected chi connectivity index (χ3v) is 3.50. The highest BCUT2D eigenvalue weighted by Gasteiger charge is 2.31. The van der Waals surface area contributed by atoms with Crippen LogP contribution in [0, 0.1) is 10.1 Å². The van der Waals surface area contributed by atoms with Crippen molar-refractivity contribution in [2.45, 2.75) is 38.1 Å². The first-order valence-corrected chi connectivity index (χ1v) is 6.93. The minimum Gasteiger partial charge on any atom is -0.481 e. The summed E-state index contributed by atoms with van der Waals surface area (Å²) in [5, 5.41) is 20.2. The normalized spacial score (nSPS) is 21.2. The Morgan fingerprint density at radius 1 is 1.43 bits per heavy atom. The number of rotatable bonds is 7. The van der Waals surface area contributed by atoms with Crippen molar-refractivity contribution < 1.29 is 19.5 Å². The van der Waals surface area contributed by atoms with Crippen molar-refractivity contribution in [2.75, 3.05) is 6.61 Å². The molecule has 0 spiro atoms. The Balaban J connectivity index is 2.14. The van der Waals surface area contributed by atoms with E-state index in [0.717, 1.165) is 19.3 Å². The number of hydrogen-bond acceptors (Lipinski definition) is 5. The van der Waals surface area contributed by atoms with Crippen molar-refractivity contribution in [2.24, 2.45) is 0 Å². The smallest absolute Gasteiger partial charge is 0.311 e. The molecule has 0 saturated heterocycles. The molecule has 21 heavy (non-hydrogen) atoms. The quantitative estimate of drug-likeness (QED) is 0.474. The molecular formula is C15H19NO5. The Morgan fingerprint density at radius 3 is 2.86 bits per heavy atom. The lowest BCUT2D eigenvalue weighted by Crippen LogP contribution is -2.29. The summed E-state index contributed by atoms with van der Waals surface area (Å²) in [6.07, 6.45) is 4.06. The molecule has 0 aromatic heterocycles. The standard InChI is InChI=1S/C15H19NO5/c1-2-8-20-14-4-3-5-15(14)21-13-7-6-11(10-17)9-12(13)16(18)19/h2,6-7,9,14-15,17H,1,3-5,8,10H2/t14-,15-/m1/s1. The van der Waals surface area contributed by atoms with Gasteiger partial charge in [-0.05, 0) is 30.9 Å². The first-order valence-electron chi connectivity index (χ1n) is 6.93. The monoisotopic (exact) mass is 293 g/mol. The van der Waals surface area contributed by atoms with Crippen molar-refractivity contribution >= 4 is 5.69 Å². The average Bonchev–Trinajstić information content (AvgIpc) is 2.92. The van der Waals surface area contributed by atoms with E-state index in [1.807, 2.05) is 0 Å². The van der Waals surface area contributed by atoms with E-state index in [2.05, 4.69) is 6.58 Å². The van der Waals surface area contributed by atoms with Gasteiger partial charge in [0.1, 0.15) is 6.10 Å². The summed E-state index contributed by atoms with van der Waals surface area (Å²) in [7, 11) is 0. The molecule has 6 heteroatoms. The largest absolute Gasteiger partial charge is 0.481 e. The molecule has 0 heterocycles. The molecule has 1 fully saturated rings. The first kappa shape index (κ1) is 15.5. The second-order valence-electron chi connectivity index (χ2n) is 4.96. The van der Waals surface area contributed by atoms with Crippen LogP contribution in [0.25, 0.3) is 0 Å². The van der Waals surface area contributed by atoms with Gasteiger partial charge < -0.3 is 14.6 Å². The summed E-state index contributed by atoms with van der Waals surface area (Å²) < 4.78 is 11.4. The Kier molecular flexibility index (Phi) is 5.30. The van der Waals surface area contributed by atoms with Gasteiger partial charge in [-0.2, -0.15) is 0 Å². The second-order valence-corrected chi connectivity index (χ2v) is 4.96. The summed E-state index contributed by atoms with van der Waals surface area (Å²) in [5.41, 5.74) is 0.357. The molecule has 1 aromatic rings. The maximum atomic E-state index is 11.1. The van der Waals surface area contributed by atoms with Gasteiger partial charge in [0.15, 0.2) is 5.75 Å². The summed E-state index contributed by atoms with van der Waals surface area (Å²) in [6, 6.07) is 4.49. The maximum Gasteiger partial charge on any atom is 0.311 e. The van der Waals surface area contributed by atoms with Gasteiger partial charge in [-0.3, -0.25) is 10.1 Å². The maximum absolute atomic E-state index is 11.1. The van der Waals surface area contributed by atoms with E-state index in [1.165, 1.54) is 12.1 Å². The number of aliphatic hydroxyl groups is 1. The number of benzene rings is 1. The second kappa shape index (κ2) is 7.19. The van der Waals surface area contributed by atoms with E-state index in [-0.39, 0.29) is 30.3 Å². The van der Waals surface area contributed by atoms with Gasteiger partial charge in [-0.25, -0.2) is 0 Å². The summed E-state index contributed by atoms with van der Waals surface area (Å²) in [4.78, 5) is 10.6. The molecule has 114 valence electrons. The van der Waals surface area contributed by atoms with Gasteiger partial charge >= 0.3 is 5.69 Å². The molecule has 1 aromatic carbocycles. The molecule has 1 N–H and O–H groups in total. The first-order chi connectivity index (χ1) is 10.2. The van der Waals surface area contributed by atoms with Crippen molar-refractivity contribution in [1.29, 1.82) is 0 Å². The number of nitro benzene ring substituents is 1. The van der Waals surface area contributed by atoms with Gasteiger partial charge in [0.25, 0.3) is 0 Å². The van der Waals surface area contributed by atoms with Crippen molar-refractivity contribution in [3.8, 4) is 5.75 Å². The molecule has 0 bridgehead atoms. The van der Waals surface area contributed by atoms with Crippen LogP contribution in [-0.2, 0) is 11.3 Å². The van der Waals surface area contributed by atoms with Crippen LogP contribution in [0.5, 0.6) is 5.75 Å². The van der Waals surface area contributed by atoms with Crippen molar-refractivity contribution in [1.82, 2.24) is 0 Å². The predicted octanol–water partition coefficient (Wildman–Crippen LogP) is 2.59. The van der Waals surface area contributed by atoms with E-state index < -0.39 is 4.92 Å². The molecule has 1 aliphatic rings. The van der Waals surface area contributed by atoms with E-state index in [1.54, 1.807) is 12.1 Å². The minimum absolute atomic E-state index is 0.0693. The third kappa shape index (κ3) is 3.80. The van der Waals surface area contributed by atoms with Crippen LogP contribution in [0.1, 0.15) is 24.8 Å². The van der Waals surface area contributed by atoms with Gasteiger partial charge in [-0.1, -0.05) is 12.1 Å². The molecule has 1 aliphatic carbocycles. The van der Waals surface area contributed by atoms with Crippen LogP contribution in [0.2, 0.25) is 0 Å². The Labute approximate surface area is 123 Å². The van der Waals surface area contributed by atoms with Crippen LogP contribution in [-0.4, -0.2) is 28.8 Å². The SMILES string of the molecule is C=CCO[C@@H]1CCC[C@H]1Oc1ccc(CO)cc1[N+](=O)[O-]. The van der Waals surface area contributed by atoms with E-state index in [4.69, 9.17) is 14.6 Å². The summed E-state index contributed by atoms with van der Waals surface area (Å²) >= 11 is 0. The minimum atomic E-state index is -0.497. The fourth-order valence-corrected chi connectivity index (χ4v) is 2.48. The van der Waals surface area contributed by atoms with E-state index >= 15 is 0 Å². The fourth-order valence-electron chi connectivity index (χ4n) is 2.48. The molecular weight excluding hydrogens is 274 g/mol. The van der Waals surface area contributed by atoms with Crippen LogP contribution < -0.4 is 4.74 Å². The van der Waals surface area contributed by atoms with Gasteiger partial charge in [-0.15, -0.1) is 6.58 Å². The molecule has 2 atom stereocenters. The highest BCUT2D eigenvalue weighted by atomic mass is 16.6. The zero-order chi connectivity index (χ0) is 15.2. The Morgan fingerprint density at radius 2 is 2.19 bits per heavy atom. The molecule has 0 amide bonds. The Bertz CT molecular complexity index is 517.